The Labute approximate surface area is 95.2 Å². The van der Waals surface area contributed by atoms with Gasteiger partial charge < -0.3 is 15.2 Å². The van der Waals surface area contributed by atoms with E-state index in [9.17, 15) is 4.79 Å². The Kier molecular flexibility index (Phi) is 3.42. The highest BCUT2D eigenvalue weighted by molar-refractivity contribution is 5.89. The van der Waals surface area contributed by atoms with Crippen molar-refractivity contribution in [3.05, 3.63) is 23.8 Å². The minimum Gasteiger partial charge on any atom is -0.488 e. The van der Waals surface area contributed by atoms with Gasteiger partial charge in [-0.15, -0.1) is 0 Å². The van der Waals surface area contributed by atoms with Gasteiger partial charge in [0.25, 0.3) is 0 Å². The minimum absolute atomic E-state index is 0.214. The first kappa shape index (κ1) is 12.4. The molecule has 1 aromatic carbocycles. The lowest BCUT2D eigenvalue weighted by Gasteiger charge is -2.22. The standard InChI is InChI=1S/C12H17NO3/c1-12(2,3)16-10-6-8(11(14)15)5-9(7-10)13-4/h5-7,13H,1-4H3,(H,14,15). The molecule has 0 fully saturated rings. The fourth-order valence-electron chi connectivity index (χ4n) is 1.28. The molecule has 16 heavy (non-hydrogen) atoms. The highest BCUT2D eigenvalue weighted by Crippen LogP contribution is 2.24. The van der Waals surface area contributed by atoms with Crippen molar-refractivity contribution in [2.24, 2.45) is 0 Å². The fraction of sp³-hybridized carbons (Fsp3) is 0.417. The van der Waals surface area contributed by atoms with E-state index in [2.05, 4.69) is 5.32 Å². The van der Waals surface area contributed by atoms with Crippen molar-refractivity contribution in [3.63, 3.8) is 0 Å². The lowest BCUT2D eigenvalue weighted by Crippen LogP contribution is -2.23. The maximum atomic E-state index is 10.9. The zero-order valence-electron chi connectivity index (χ0n) is 10.00. The van der Waals surface area contributed by atoms with E-state index in [-0.39, 0.29) is 11.2 Å². The van der Waals surface area contributed by atoms with Gasteiger partial charge in [0.05, 0.1) is 5.56 Å². The van der Waals surface area contributed by atoms with Crippen molar-refractivity contribution < 1.29 is 14.6 Å². The number of hydrogen-bond acceptors (Lipinski definition) is 3. The van der Waals surface area contributed by atoms with Crippen molar-refractivity contribution >= 4 is 11.7 Å². The lowest BCUT2D eigenvalue weighted by molar-refractivity contribution is 0.0694. The summed E-state index contributed by atoms with van der Waals surface area (Å²) in [5, 5.41) is 11.8. The molecule has 0 aliphatic carbocycles. The van der Waals surface area contributed by atoms with Crippen LogP contribution < -0.4 is 10.1 Å². The number of anilines is 1. The zero-order valence-corrected chi connectivity index (χ0v) is 10.00. The van der Waals surface area contributed by atoms with Gasteiger partial charge in [0, 0.05) is 18.8 Å². The number of nitrogens with one attached hydrogen (secondary N) is 1. The summed E-state index contributed by atoms with van der Waals surface area (Å²) in [7, 11) is 1.74. The van der Waals surface area contributed by atoms with E-state index in [1.807, 2.05) is 20.8 Å². The number of carbonyl (C=O) groups is 1. The summed E-state index contributed by atoms with van der Waals surface area (Å²) in [5.41, 5.74) is 0.590. The molecule has 0 aliphatic rings. The highest BCUT2D eigenvalue weighted by Gasteiger charge is 2.14. The number of ether oxygens (including phenoxy) is 1. The van der Waals surface area contributed by atoms with E-state index in [0.717, 1.165) is 5.69 Å². The maximum Gasteiger partial charge on any atom is 0.335 e. The summed E-state index contributed by atoms with van der Waals surface area (Å²) in [6.45, 7) is 5.75. The third-order valence-electron chi connectivity index (χ3n) is 1.87. The molecule has 0 aromatic heterocycles. The van der Waals surface area contributed by atoms with Crippen LogP contribution in [0.25, 0.3) is 0 Å². The molecule has 0 heterocycles. The molecule has 0 amide bonds. The Morgan fingerprint density at radius 2 is 1.94 bits per heavy atom. The third kappa shape index (κ3) is 3.46. The maximum absolute atomic E-state index is 10.9. The van der Waals surface area contributed by atoms with Crippen LogP contribution in [0.4, 0.5) is 5.69 Å². The first-order valence-corrected chi connectivity index (χ1v) is 5.07. The van der Waals surface area contributed by atoms with E-state index in [4.69, 9.17) is 9.84 Å². The van der Waals surface area contributed by atoms with Crippen LogP contribution in [0.3, 0.4) is 0 Å². The molecule has 0 spiro atoms. The zero-order chi connectivity index (χ0) is 12.3. The van der Waals surface area contributed by atoms with Crippen LogP contribution >= 0.6 is 0 Å². The molecule has 2 N–H and O–H groups in total. The molecule has 4 nitrogen and oxygen atoms in total. The van der Waals surface area contributed by atoms with Crippen molar-refractivity contribution in [2.75, 3.05) is 12.4 Å². The van der Waals surface area contributed by atoms with Crippen LogP contribution in [0.1, 0.15) is 31.1 Å². The molecule has 0 aliphatic heterocycles. The molecule has 0 bridgehead atoms. The van der Waals surface area contributed by atoms with Crippen LogP contribution in [-0.2, 0) is 0 Å². The molecule has 0 saturated heterocycles. The topological polar surface area (TPSA) is 58.6 Å². The molecule has 0 atom stereocenters. The van der Waals surface area contributed by atoms with E-state index in [0.29, 0.717) is 5.75 Å². The first-order chi connectivity index (χ1) is 7.31. The molecule has 1 rings (SSSR count). The summed E-state index contributed by atoms with van der Waals surface area (Å²) >= 11 is 0. The summed E-state index contributed by atoms with van der Waals surface area (Å²) in [5.74, 6) is -0.410. The van der Waals surface area contributed by atoms with E-state index < -0.39 is 5.97 Å². The van der Waals surface area contributed by atoms with Crippen LogP contribution in [0.15, 0.2) is 18.2 Å². The Hall–Kier alpha value is -1.71. The summed E-state index contributed by atoms with van der Waals surface area (Å²) < 4.78 is 5.63. The third-order valence-corrected chi connectivity index (χ3v) is 1.87. The number of carboxylic acids is 1. The lowest BCUT2D eigenvalue weighted by atomic mass is 10.1. The first-order valence-electron chi connectivity index (χ1n) is 5.07. The van der Waals surface area contributed by atoms with Gasteiger partial charge in [-0.25, -0.2) is 4.79 Å². The number of carboxylic acid groups (broad SMARTS) is 1. The average Bonchev–Trinajstić information content (AvgIpc) is 2.14. The van der Waals surface area contributed by atoms with Crippen LogP contribution in [0.2, 0.25) is 0 Å². The van der Waals surface area contributed by atoms with Gasteiger partial charge in [-0.05, 0) is 32.9 Å². The van der Waals surface area contributed by atoms with Gasteiger partial charge in [-0.2, -0.15) is 0 Å². The van der Waals surface area contributed by atoms with Crippen LogP contribution in [0, 0.1) is 0 Å². The summed E-state index contributed by atoms with van der Waals surface area (Å²) in [6.07, 6.45) is 0. The van der Waals surface area contributed by atoms with Crippen molar-refractivity contribution in [2.45, 2.75) is 26.4 Å². The van der Waals surface area contributed by atoms with E-state index >= 15 is 0 Å². The Balaban J connectivity index is 3.09. The smallest absolute Gasteiger partial charge is 0.335 e. The molecule has 0 saturated carbocycles. The SMILES string of the molecule is CNc1cc(OC(C)(C)C)cc(C(=O)O)c1. The van der Waals surface area contributed by atoms with Gasteiger partial charge in [-0.3, -0.25) is 0 Å². The van der Waals surface area contributed by atoms with Gasteiger partial charge in [0.2, 0.25) is 0 Å². The predicted octanol–water partition coefficient (Wildman–Crippen LogP) is 2.60. The van der Waals surface area contributed by atoms with Crippen molar-refractivity contribution in [1.29, 1.82) is 0 Å². The second-order valence-electron chi connectivity index (χ2n) is 4.52. The van der Waals surface area contributed by atoms with Gasteiger partial charge in [0.15, 0.2) is 0 Å². The highest BCUT2D eigenvalue weighted by atomic mass is 16.5. The minimum atomic E-state index is -0.962. The van der Waals surface area contributed by atoms with Gasteiger partial charge in [0.1, 0.15) is 11.4 Å². The number of benzene rings is 1. The second-order valence-corrected chi connectivity index (χ2v) is 4.52. The Morgan fingerprint density at radius 3 is 2.38 bits per heavy atom. The number of rotatable bonds is 3. The summed E-state index contributed by atoms with van der Waals surface area (Å²) in [6, 6.07) is 4.87. The molecular weight excluding hydrogens is 206 g/mol. The molecule has 0 unspecified atom stereocenters. The average molecular weight is 223 g/mol. The number of hydrogen-bond donors (Lipinski definition) is 2. The molecule has 0 radical (unpaired) electrons. The predicted molar refractivity (Wildman–Crippen MR) is 63.3 cm³/mol. The Morgan fingerprint density at radius 1 is 1.31 bits per heavy atom. The quantitative estimate of drug-likeness (QED) is 0.827. The van der Waals surface area contributed by atoms with E-state index in [1.165, 1.54) is 6.07 Å². The second kappa shape index (κ2) is 4.43. The number of aromatic carboxylic acids is 1. The van der Waals surface area contributed by atoms with Crippen molar-refractivity contribution in [3.8, 4) is 5.75 Å². The van der Waals surface area contributed by atoms with Crippen molar-refractivity contribution in [1.82, 2.24) is 0 Å². The fourth-order valence-corrected chi connectivity index (χ4v) is 1.28. The van der Waals surface area contributed by atoms with Gasteiger partial charge >= 0.3 is 5.97 Å². The van der Waals surface area contributed by atoms with Gasteiger partial charge in [-0.1, -0.05) is 0 Å². The van der Waals surface area contributed by atoms with E-state index in [1.54, 1.807) is 19.2 Å². The largest absolute Gasteiger partial charge is 0.488 e. The molecule has 1 aromatic rings. The summed E-state index contributed by atoms with van der Waals surface area (Å²) in [4.78, 5) is 10.9. The van der Waals surface area contributed by atoms with Crippen LogP contribution in [-0.4, -0.2) is 23.7 Å². The molecule has 4 heteroatoms. The normalized spacial score (nSPS) is 11.0. The molecule has 88 valence electrons. The Bertz CT molecular complexity index is 394. The van der Waals surface area contributed by atoms with Crippen LogP contribution in [0.5, 0.6) is 5.75 Å². The monoisotopic (exact) mass is 223 g/mol. The molecular formula is C12H17NO3.